The minimum absolute atomic E-state index is 0.0507. The normalized spacial score (nSPS) is 25.8. The molecule has 3 heteroatoms. The standard InChI is InChI=1S/C22H21NO2/c24-21(11-15-10-13-5-6-14(15)9-13)23-16-7-8-18-17-3-1-2-4-19(17)22(25)20(18)12-16/h1-4,7-8,12-15H,5-6,9-11H2,(H,23,24). The molecule has 0 saturated heterocycles. The van der Waals surface area contributed by atoms with Gasteiger partial charge >= 0.3 is 0 Å². The summed E-state index contributed by atoms with van der Waals surface area (Å²) in [5.41, 5.74) is 4.13. The highest BCUT2D eigenvalue weighted by Gasteiger charge is 2.40. The zero-order valence-electron chi connectivity index (χ0n) is 14.1. The summed E-state index contributed by atoms with van der Waals surface area (Å²) >= 11 is 0. The SMILES string of the molecule is O=C(CC1CC2CCC1C2)Nc1ccc2c(c1)C(=O)c1ccccc1-2. The summed E-state index contributed by atoms with van der Waals surface area (Å²) in [5.74, 6) is 2.31. The van der Waals surface area contributed by atoms with Crippen LogP contribution in [0.3, 0.4) is 0 Å². The molecule has 1 N–H and O–H groups in total. The molecule has 3 aliphatic rings. The smallest absolute Gasteiger partial charge is 0.224 e. The van der Waals surface area contributed by atoms with Crippen molar-refractivity contribution < 1.29 is 9.59 Å². The second-order valence-corrected chi connectivity index (χ2v) is 7.82. The van der Waals surface area contributed by atoms with E-state index in [1.165, 1.54) is 25.7 Å². The van der Waals surface area contributed by atoms with E-state index in [9.17, 15) is 9.59 Å². The Balaban J connectivity index is 1.33. The van der Waals surface area contributed by atoms with E-state index in [1.54, 1.807) is 0 Å². The molecule has 0 radical (unpaired) electrons. The first kappa shape index (κ1) is 14.9. The highest BCUT2D eigenvalue weighted by Crippen LogP contribution is 2.49. The zero-order chi connectivity index (χ0) is 17.0. The Bertz CT molecular complexity index is 885. The van der Waals surface area contributed by atoms with Crippen LogP contribution in [0.2, 0.25) is 0 Å². The maximum atomic E-state index is 12.6. The average molecular weight is 331 g/mol. The molecule has 3 nitrogen and oxygen atoms in total. The summed E-state index contributed by atoms with van der Waals surface area (Å²) < 4.78 is 0. The molecular weight excluding hydrogens is 310 g/mol. The number of nitrogens with one attached hydrogen (secondary N) is 1. The van der Waals surface area contributed by atoms with E-state index in [2.05, 4.69) is 5.32 Å². The van der Waals surface area contributed by atoms with Gasteiger partial charge in [-0.3, -0.25) is 9.59 Å². The maximum Gasteiger partial charge on any atom is 0.224 e. The number of fused-ring (bicyclic) bond motifs is 5. The van der Waals surface area contributed by atoms with E-state index in [0.29, 0.717) is 17.9 Å². The van der Waals surface area contributed by atoms with Crippen molar-refractivity contribution in [2.24, 2.45) is 17.8 Å². The minimum atomic E-state index is 0.0507. The highest BCUT2D eigenvalue weighted by atomic mass is 16.1. The lowest BCUT2D eigenvalue weighted by Gasteiger charge is -2.21. The van der Waals surface area contributed by atoms with Crippen molar-refractivity contribution >= 4 is 17.4 Å². The van der Waals surface area contributed by atoms with Crippen LogP contribution in [-0.4, -0.2) is 11.7 Å². The molecule has 0 heterocycles. The van der Waals surface area contributed by atoms with Crippen LogP contribution in [0.25, 0.3) is 11.1 Å². The molecule has 25 heavy (non-hydrogen) atoms. The van der Waals surface area contributed by atoms with Gasteiger partial charge in [0.15, 0.2) is 5.78 Å². The molecule has 2 bridgehead atoms. The minimum Gasteiger partial charge on any atom is -0.326 e. The number of hydrogen-bond acceptors (Lipinski definition) is 2. The van der Waals surface area contributed by atoms with Crippen LogP contribution in [-0.2, 0) is 4.79 Å². The van der Waals surface area contributed by atoms with Gasteiger partial charge in [-0.1, -0.05) is 36.8 Å². The van der Waals surface area contributed by atoms with Crippen LogP contribution in [0.5, 0.6) is 0 Å². The number of ketones is 1. The molecule has 2 saturated carbocycles. The van der Waals surface area contributed by atoms with Crippen molar-refractivity contribution in [3.05, 3.63) is 53.6 Å². The van der Waals surface area contributed by atoms with Gasteiger partial charge in [-0.25, -0.2) is 0 Å². The molecule has 2 aromatic rings. The van der Waals surface area contributed by atoms with Crippen molar-refractivity contribution in [3.8, 4) is 11.1 Å². The molecule has 0 aromatic heterocycles. The number of hydrogen-bond donors (Lipinski definition) is 1. The first-order valence-corrected chi connectivity index (χ1v) is 9.27. The quantitative estimate of drug-likeness (QED) is 0.758. The van der Waals surface area contributed by atoms with Crippen molar-refractivity contribution in [1.29, 1.82) is 0 Å². The second kappa shape index (κ2) is 5.55. The lowest BCUT2D eigenvalue weighted by Crippen LogP contribution is -2.20. The first-order valence-electron chi connectivity index (χ1n) is 9.27. The highest BCUT2D eigenvalue weighted by molar-refractivity contribution is 6.22. The summed E-state index contributed by atoms with van der Waals surface area (Å²) in [6.07, 6.45) is 5.82. The Morgan fingerprint density at radius 1 is 0.960 bits per heavy atom. The Labute approximate surface area is 147 Å². The molecule has 3 unspecified atom stereocenters. The van der Waals surface area contributed by atoms with E-state index >= 15 is 0 Å². The molecule has 3 aliphatic carbocycles. The van der Waals surface area contributed by atoms with Gasteiger partial charge in [0, 0.05) is 23.2 Å². The lowest BCUT2D eigenvalue weighted by atomic mass is 9.86. The third-order valence-electron chi connectivity index (χ3n) is 6.34. The molecule has 0 aliphatic heterocycles. The topological polar surface area (TPSA) is 46.2 Å². The number of carbonyl (C=O) groups excluding carboxylic acids is 2. The number of amides is 1. The summed E-state index contributed by atoms with van der Waals surface area (Å²) in [5, 5.41) is 3.01. The molecule has 2 aromatic carbocycles. The Kier molecular flexibility index (Phi) is 3.30. The van der Waals surface area contributed by atoms with Gasteiger partial charge in [-0.05, 0) is 60.3 Å². The van der Waals surface area contributed by atoms with Crippen LogP contribution in [0, 0.1) is 17.8 Å². The van der Waals surface area contributed by atoms with E-state index in [0.717, 1.165) is 34.2 Å². The van der Waals surface area contributed by atoms with Crippen LogP contribution < -0.4 is 5.32 Å². The fourth-order valence-electron chi connectivity index (χ4n) is 5.18. The van der Waals surface area contributed by atoms with Crippen molar-refractivity contribution in [2.75, 3.05) is 5.32 Å². The number of anilines is 1. The first-order chi connectivity index (χ1) is 12.2. The monoisotopic (exact) mass is 331 g/mol. The predicted molar refractivity (Wildman–Crippen MR) is 97.5 cm³/mol. The molecular formula is C22H21NO2. The molecule has 126 valence electrons. The summed E-state index contributed by atoms with van der Waals surface area (Å²) in [6, 6.07) is 13.4. The maximum absolute atomic E-state index is 12.6. The van der Waals surface area contributed by atoms with Gasteiger partial charge in [0.05, 0.1) is 0 Å². The van der Waals surface area contributed by atoms with Gasteiger partial charge in [-0.15, -0.1) is 0 Å². The van der Waals surface area contributed by atoms with Gasteiger partial charge in [0.1, 0.15) is 0 Å². The van der Waals surface area contributed by atoms with E-state index in [1.807, 2.05) is 42.5 Å². The Morgan fingerprint density at radius 2 is 1.76 bits per heavy atom. The van der Waals surface area contributed by atoms with Gasteiger partial charge in [0.25, 0.3) is 0 Å². The third kappa shape index (κ3) is 2.41. The zero-order valence-corrected chi connectivity index (χ0v) is 14.1. The number of carbonyl (C=O) groups is 2. The predicted octanol–water partition coefficient (Wildman–Crippen LogP) is 4.66. The Hall–Kier alpha value is -2.42. The van der Waals surface area contributed by atoms with E-state index in [-0.39, 0.29) is 11.7 Å². The molecule has 0 spiro atoms. The molecule has 2 fully saturated rings. The average Bonchev–Trinajstić information content (AvgIpc) is 3.30. The lowest BCUT2D eigenvalue weighted by molar-refractivity contribution is -0.117. The third-order valence-corrected chi connectivity index (χ3v) is 6.34. The van der Waals surface area contributed by atoms with Crippen LogP contribution in [0.15, 0.2) is 42.5 Å². The van der Waals surface area contributed by atoms with Crippen molar-refractivity contribution in [3.63, 3.8) is 0 Å². The van der Waals surface area contributed by atoms with E-state index < -0.39 is 0 Å². The fourth-order valence-corrected chi connectivity index (χ4v) is 5.18. The molecule has 1 amide bonds. The van der Waals surface area contributed by atoms with Crippen molar-refractivity contribution in [2.45, 2.75) is 32.1 Å². The van der Waals surface area contributed by atoms with Gasteiger partial charge < -0.3 is 5.32 Å². The summed E-state index contributed by atoms with van der Waals surface area (Å²) in [4.78, 5) is 25.0. The fraction of sp³-hybridized carbons (Fsp3) is 0.364. The Morgan fingerprint density at radius 3 is 2.52 bits per heavy atom. The second-order valence-electron chi connectivity index (χ2n) is 7.82. The van der Waals surface area contributed by atoms with Crippen LogP contribution >= 0.6 is 0 Å². The number of benzene rings is 2. The molecule has 3 atom stereocenters. The largest absolute Gasteiger partial charge is 0.326 e. The van der Waals surface area contributed by atoms with Gasteiger partial charge in [0.2, 0.25) is 5.91 Å². The van der Waals surface area contributed by atoms with Crippen molar-refractivity contribution in [1.82, 2.24) is 0 Å². The summed E-state index contributed by atoms with van der Waals surface area (Å²) in [6.45, 7) is 0. The van der Waals surface area contributed by atoms with Crippen LogP contribution in [0.4, 0.5) is 5.69 Å². The van der Waals surface area contributed by atoms with Gasteiger partial charge in [-0.2, -0.15) is 0 Å². The van der Waals surface area contributed by atoms with E-state index in [4.69, 9.17) is 0 Å². The number of rotatable bonds is 3. The molecule has 5 rings (SSSR count). The van der Waals surface area contributed by atoms with Crippen LogP contribution in [0.1, 0.15) is 48.0 Å². The summed E-state index contributed by atoms with van der Waals surface area (Å²) in [7, 11) is 0.